The number of benzene rings is 3. The molecule has 2 fully saturated rings. The highest BCUT2D eigenvalue weighted by Crippen LogP contribution is 2.62. The number of ether oxygens (including phenoxy) is 3. The third-order valence-corrected chi connectivity index (χ3v) is 13.8. The zero-order chi connectivity index (χ0) is 45.3. The molecule has 6 unspecified atom stereocenters. The van der Waals surface area contributed by atoms with Crippen LogP contribution >= 0.6 is 0 Å². The summed E-state index contributed by atoms with van der Waals surface area (Å²) in [5, 5.41) is 29.9. The SMILES string of the molecule is C=CCOC12Oc3ccc(OC(=O)NCC)cc3C3C(CCCCO)C(CCCCO)C=C(C(=NOC(C)(C)C)CC1N(Cc1cccc4ccccc14)C(=O)CCC1CCCC1)C32. The Morgan fingerprint density at radius 2 is 1.73 bits per heavy atom. The van der Waals surface area contributed by atoms with Gasteiger partial charge >= 0.3 is 6.09 Å². The molecule has 64 heavy (non-hydrogen) atoms. The van der Waals surface area contributed by atoms with Crippen LogP contribution in [0.3, 0.4) is 0 Å². The number of allylic oxidation sites excluding steroid dienone is 1. The van der Waals surface area contributed by atoms with Crippen molar-refractivity contribution in [2.24, 2.45) is 28.8 Å². The Kier molecular flexibility index (Phi) is 15.9. The Hall–Kier alpha value is -4.71. The molecule has 3 aromatic carbocycles. The summed E-state index contributed by atoms with van der Waals surface area (Å²) in [6.45, 7) is 13.0. The van der Waals surface area contributed by atoms with Crippen molar-refractivity contribution in [3.63, 3.8) is 0 Å². The van der Waals surface area contributed by atoms with Gasteiger partial charge in [0.15, 0.2) is 0 Å². The average Bonchev–Trinajstić information content (AvgIpc) is 3.81. The van der Waals surface area contributed by atoms with Gasteiger partial charge in [-0.05, 0) is 118 Å². The van der Waals surface area contributed by atoms with E-state index in [1.54, 1.807) is 12.1 Å². The summed E-state index contributed by atoms with van der Waals surface area (Å²) in [5.41, 5.74) is 3.04. The van der Waals surface area contributed by atoms with E-state index in [0.717, 1.165) is 78.1 Å². The van der Waals surface area contributed by atoms with E-state index in [4.69, 9.17) is 24.2 Å². The van der Waals surface area contributed by atoms with Crippen molar-refractivity contribution >= 4 is 28.5 Å². The van der Waals surface area contributed by atoms with Gasteiger partial charge in [-0.2, -0.15) is 0 Å². The van der Waals surface area contributed by atoms with E-state index < -0.39 is 29.4 Å². The maximum Gasteiger partial charge on any atom is 0.412 e. The quantitative estimate of drug-likeness (QED) is 0.0579. The lowest BCUT2D eigenvalue weighted by atomic mass is 9.55. The molecular formula is C53H71N3O8. The Labute approximate surface area is 380 Å². The second-order valence-electron chi connectivity index (χ2n) is 19.2. The fourth-order valence-electron chi connectivity index (χ4n) is 10.9. The monoisotopic (exact) mass is 878 g/mol. The maximum absolute atomic E-state index is 15.4. The molecule has 1 heterocycles. The summed E-state index contributed by atoms with van der Waals surface area (Å²) < 4.78 is 20.6. The van der Waals surface area contributed by atoms with E-state index in [0.29, 0.717) is 56.2 Å². The van der Waals surface area contributed by atoms with E-state index in [2.05, 4.69) is 48.3 Å². The van der Waals surface area contributed by atoms with Gasteiger partial charge < -0.3 is 39.5 Å². The third kappa shape index (κ3) is 10.7. The molecule has 0 bridgehead atoms. The van der Waals surface area contributed by atoms with Gasteiger partial charge in [0.2, 0.25) is 11.7 Å². The van der Waals surface area contributed by atoms with E-state index in [1.165, 1.54) is 12.8 Å². The van der Waals surface area contributed by atoms with Crippen molar-refractivity contribution in [2.45, 2.75) is 141 Å². The molecular weight excluding hydrogens is 807 g/mol. The molecule has 1 aliphatic heterocycles. The summed E-state index contributed by atoms with van der Waals surface area (Å²) in [6, 6.07) is 19.5. The number of carbonyl (C=O) groups excluding carboxylic acids is 2. The number of unbranched alkanes of at least 4 members (excludes halogenated alkanes) is 2. The molecule has 0 saturated heterocycles. The molecule has 3 N–H and O–H groups in total. The first kappa shape index (κ1) is 47.3. The summed E-state index contributed by atoms with van der Waals surface area (Å²) in [5.74, 6) is -0.474. The third-order valence-electron chi connectivity index (χ3n) is 13.8. The van der Waals surface area contributed by atoms with Crippen molar-refractivity contribution < 1.29 is 38.9 Å². The molecule has 2 amide bonds. The number of nitrogens with one attached hydrogen (secondary N) is 1. The van der Waals surface area contributed by atoms with Crippen molar-refractivity contribution in [3.05, 3.63) is 96.1 Å². The predicted octanol–water partition coefficient (Wildman–Crippen LogP) is 10.4. The van der Waals surface area contributed by atoms with Crippen LogP contribution < -0.4 is 14.8 Å². The van der Waals surface area contributed by atoms with Crippen LogP contribution in [-0.4, -0.2) is 76.6 Å². The van der Waals surface area contributed by atoms with Crippen molar-refractivity contribution in [1.82, 2.24) is 10.2 Å². The second kappa shape index (κ2) is 21.5. The van der Waals surface area contributed by atoms with Gasteiger partial charge in [0.25, 0.3) is 0 Å². The summed E-state index contributed by atoms with van der Waals surface area (Å²) in [7, 11) is 0. The molecule has 4 aliphatic rings. The first-order valence-corrected chi connectivity index (χ1v) is 24.0. The molecule has 346 valence electrons. The number of carbonyl (C=O) groups is 2. The number of aliphatic hydroxyl groups excluding tert-OH is 2. The van der Waals surface area contributed by atoms with Crippen LogP contribution in [0.2, 0.25) is 0 Å². The first-order valence-electron chi connectivity index (χ1n) is 24.0. The van der Waals surface area contributed by atoms with Gasteiger partial charge in [0.05, 0.1) is 18.2 Å². The van der Waals surface area contributed by atoms with Crippen LogP contribution in [0.15, 0.2) is 90.1 Å². The van der Waals surface area contributed by atoms with Crippen LogP contribution in [0, 0.1) is 23.7 Å². The van der Waals surface area contributed by atoms with Gasteiger partial charge in [-0.25, -0.2) is 4.79 Å². The highest BCUT2D eigenvalue weighted by Gasteiger charge is 2.65. The summed E-state index contributed by atoms with van der Waals surface area (Å²) in [6.07, 6.45) is 14.4. The minimum Gasteiger partial charge on any atom is -0.459 e. The fourth-order valence-corrected chi connectivity index (χ4v) is 10.9. The zero-order valence-corrected chi connectivity index (χ0v) is 38.6. The van der Waals surface area contributed by atoms with Crippen LogP contribution in [0.4, 0.5) is 4.79 Å². The number of hydrogen-bond acceptors (Lipinski definition) is 9. The fraction of sp³-hybridized carbons (Fsp3) is 0.566. The van der Waals surface area contributed by atoms with E-state index >= 15 is 4.79 Å². The smallest absolute Gasteiger partial charge is 0.412 e. The molecule has 0 aromatic heterocycles. The Morgan fingerprint density at radius 3 is 2.47 bits per heavy atom. The Balaban J connectivity index is 1.47. The van der Waals surface area contributed by atoms with Gasteiger partial charge in [-0.15, -0.1) is 6.58 Å². The molecule has 11 heteroatoms. The molecule has 0 spiro atoms. The number of hydrogen-bond donors (Lipinski definition) is 3. The largest absolute Gasteiger partial charge is 0.459 e. The zero-order valence-electron chi connectivity index (χ0n) is 38.6. The van der Waals surface area contributed by atoms with Gasteiger partial charge in [0.1, 0.15) is 23.1 Å². The molecule has 0 radical (unpaired) electrons. The second-order valence-corrected chi connectivity index (χ2v) is 19.2. The van der Waals surface area contributed by atoms with E-state index in [9.17, 15) is 15.0 Å². The van der Waals surface area contributed by atoms with Crippen LogP contribution in [0.25, 0.3) is 10.8 Å². The number of oxime groups is 1. The number of rotatable bonds is 20. The average molecular weight is 878 g/mol. The highest BCUT2D eigenvalue weighted by molar-refractivity contribution is 6.03. The molecule has 11 nitrogen and oxygen atoms in total. The minimum absolute atomic E-state index is 0.0289. The van der Waals surface area contributed by atoms with Crippen molar-refractivity contribution in [2.75, 3.05) is 26.4 Å². The van der Waals surface area contributed by atoms with E-state index in [-0.39, 0.29) is 43.5 Å². The summed E-state index contributed by atoms with van der Waals surface area (Å²) >= 11 is 0. The lowest BCUT2D eigenvalue weighted by Gasteiger charge is -2.60. The topological polar surface area (TPSA) is 139 Å². The summed E-state index contributed by atoms with van der Waals surface area (Å²) in [4.78, 5) is 36.6. The van der Waals surface area contributed by atoms with Crippen molar-refractivity contribution in [3.8, 4) is 11.5 Å². The van der Waals surface area contributed by atoms with Gasteiger partial charge in [-0.1, -0.05) is 98.3 Å². The van der Waals surface area contributed by atoms with Crippen LogP contribution in [-0.2, 0) is 20.9 Å². The van der Waals surface area contributed by atoms with Crippen LogP contribution in [0.5, 0.6) is 11.5 Å². The van der Waals surface area contributed by atoms with Crippen molar-refractivity contribution in [1.29, 1.82) is 0 Å². The Bertz CT molecular complexity index is 2130. The van der Waals surface area contributed by atoms with Gasteiger partial charge in [0, 0.05) is 50.6 Å². The number of nitrogens with zero attached hydrogens (tertiary/aromatic N) is 2. The Morgan fingerprint density at radius 1 is 0.984 bits per heavy atom. The molecule has 3 aromatic rings. The molecule has 2 saturated carbocycles. The molecule has 3 aliphatic carbocycles. The molecule has 6 atom stereocenters. The maximum atomic E-state index is 15.4. The van der Waals surface area contributed by atoms with E-state index in [1.807, 2.05) is 56.9 Å². The number of aliphatic hydroxyl groups is 2. The standard InChI is InChI=1S/C53H71N3O8/c1-6-31-61-53-47(56(48(59)28-25-36-17-8-9-18-36)35-39-22-16-21-37-19-10-11-23-41(37)39)34-45(55-64-52(3,4)5)43-32-38(20-12-14-29-57)42(24-13-15-30-58)49(50(43)53)44-33-40(26-27-46(44)63-53)62-51(60)54-7-2/h6,10-11,16,19,21-23,26-27,32-33,36,38,42,47,49-50,57-58H,1,7-9,12-15,17-18,20,24-25,28-31,34-35H2,2-5H3,(H,54,60). The lowest BCUT2D eigenvalue weighted by Crippen LogP contribution is -2.70. The first-order chi connectivity index (χ1) is 31.0. The number of amides is 2. The lowest BCUT2D eigenvalue weighted by molar-refractivity contribution is -0.258. The predicted molar refractivity (Wildman–Crippen MR) is 251 cm³/mol. The highest BCUT2D eigenvalue weighted by atomic mass is 16.7. The number of fused-ring (bicyclic) bond motifs is 3. The normalized spacial score (nSPS) is 24.6. The van der Waals surface area contributed by atoms with Crippen LogP contribution in [0.1, 0.15) is 128 Å². The molecule has 7 rings (SSSR count). The van der Waals surface area contributed by atoms with Gasteiger partial charge in [-0.3, -0.25) is 4.79 Å². The minimum atomic E-state index is -1.40.